The molecule has 2 aliphatic heterocycles. The third kappa shape index (κ3) is 4.25. The SMILES string of the molecule is CS(=O)(=O)c1ccc(CN2C(=O)COc3ccc(C=C4SC(=S)NC4=O)cc32)cc1. The van der Waals surface area contributed by atoms with Crippen molar-refractivity contribution in [3.63, 3.8) is 0 Å². The molecule has 0 bridgehead atoms. The van der Waals surface area contributed by atoms with E-state index in [4.69, 9.17) is 17.0 Å². The van der Waals surface area contributed by atoms with Crippen molar-refractivity contribution in [1.82, 2.24) is 5.32 Å². The molecule has 154 valence electrons. The van der Waals surface area contributed by atoms with Crippen LogP contribution < -0.4 is 15.0 Å². The maximum Gasteiger partial charge on any atom is 0.265 e. The van der Waals surface area contributed by atoms with Crippen LogP contribution in [0.1, 0.15) is 11.1 Å². The van der Waals surface area contributed by atoms with E-state index in [-0.39, 0.29) is 29.9 Å². The molecule has 4 rings (SSSR count). The van der Waals surface area contributed by atoms with Gasteiger partial charge < -0.3 is 15.0 Å². The summed E-state index contributed by atoms with van der Waals surface area (Å²) in [5.41, 5.74) is 2.09. The number of fused-ring (bicyclic) bond motifs is 1. The molecule has 1 N–H and O–H groups in total. The van der Waals surface area contributed by atoms with Gasteiger partial charge in [0.25, 0.3) is 11.8 Å². The Morgan fingerprint density at radius 2 is 1.93 bits per heavy atom. The zero-order valence-electron chi connectivity index (χ0n) is 15.7. The third-order valence-electron chi connectivity index (χ3n) is 4.56. The van der Waals surface area contributed by atoms with Crippen molar-refractivity contribution in [3.8, 4) is 5.75 Å². The van der Waals surface area contributed by atoms with E-state index in [0.29, 0.717) is 20.7 Å². The number of carbonyl (C=O) groups excluding carboxylic acids is 2. The summed E-state index contributed by atoms with van der Waals surface area (Å²) >= 11 is 6.19. The molecular weight excluding hydrogens is 444 g/mol. The quantitative estimate of drug-likeness (QED) is 0.554. The minimum absolute atomic E-state index is 0.0820. The predicted molar refractivity (Wildman–Crippen MR) is 119 cm³/mol. The first-order valence-electron chi connectivity index (χ1n) is 8.82. The van der Waals surface area contributed by atoms with Gasteiger partial charge in [-0.15, -0.1) is 0 Å². The molecule has 10 heteroatoms. The highest BCUT2D eigenvalue weighted by Gasteiger charge is 2.27. The van der Waals surface area contributed by atoms with Crippen molar-refractivity contribution < 1.29 is 22.7 Å². The van der Waals surface area contributed by atoms with E-state index in [1.807, 2.05) is 0 Å². The largest absolute Gasteiger partial charge is 0.482 e. The lowest BCUT2D eigenvalue weighted by Gasteiger charge is -2.29. The van der Waals surface area contributed by atoms with Gasteiger partial charge in [0, 0.05) is 6.26 Å². The Labute approximate surface area is 183 Å². The highest BCUT2D eigenvalue weighted by Crippen LogP contribution is 2.35. The van der Waals surface area contributed by atoms with Crippen LogP contribution in [0, 0.1) is 0 Å². The average molecular weight is 461 g/mol. The fraction of sp³-hybridized carbons (Fsp3) is 0.150. The maximum absolute atomic E-state index is 12.5. The van der Waals surface area contributed by atoms with Crippen LogP contribution in [0.25, 0.3) is 6.08 Å². The Kier molecular flexibility index (Phi) is 5.39. The van der Waals surface area contributed by atoms with E-state index in [1.54, 1.807) is 41.3 Å². The summed E-state index contributed by atoms with van der Waals surface area (Å²) in [5.74, 6) is 0.0927. The second-order valence-electron chi connectivity index (χ2n) is 6.76. The molecule has 0 aliphatic carbocycles. The molecule has 1 saturated heterocycles. The lowest BCUT2D eigenvalue weighted by molar-refractivity contribution is -0.121. The third-order valence-corrected chi connectivity index (χ3v) is 6.85. The Bertz CT molecular complexity index is 1200. The molecule has 2 aromatic rings. The van der Waals surface area contributed by atoms with Crippen molar-refractivity contribution in [2.24, 2.45) is 0 Å². The lowest BCUT2D eigenvalue weighted by Crippen LogP contribution is -2.38. The number of benzene rings is 2. The fourth-order valence-electron chi connectivity index (χ4n) is 3.08. The Hall–Kier alpha value is -2.69. The van der Waals surface area contributed by atoms with Crippen LogP contribution >= 0.6 is 24.0 Å². The number of hydrogen-bond donors (Lipinski definition) is 1. The number of anilines is 1. The second-order valence-corrected chi connectivity index (χ2v) is 10.5. The molecule has 7 nitrogen and oxygen atoms in total. The van der Waals surface area contributed by atoms with E-state index < -0.39 is 9.84 Å². The Balaban J connectivity index is 1.64. The van der Waals surface area contributed by atoms with Crippen molar-refractivity contribution in [1.29, 1.82) is 0 Å². The van der Waals surface area contributed by atoms with Crippen LogP contribution in [0.2, 0.25) is 0 Å². The summed E-state index contributed by atoms with van der Waals surface area (Å²) in [6.07, 6.45) is 2.85. The van der Waals surface area contributed by atoms with Crippen molar-refractivity contribution >= 4 is 61.7 Å². The molecule has 0 saturated carbocycles. The van der Waals surface area contributed by atoms with E-state index in [2.05, 4.69) is 5.32 Å². The highest BCUT2D eigenvalue weighted by atomic mass is 32.2. The molecule has 2 aromatic carbocycles. The molecule has 0 atom stereocenters. The molecule has 2 heterocycles. The number of hydrogen-bond acceptors (Lipinski definition) is 7. The van der Waals surface area contributed by atoms with Gasteiger partial charge in [-0.05, 0) is 41.5 Å². The topological polar surface area (TPSA) is 92.8 Å². The summed E-state index contributed by atoms with van der Waals surface area (Å²) in [7, 11) is -3.29. The van der Waals surface area contributed by atoms with Gasteiger partial charge in [0.15, 0.2) is 16.4 Å². The number of thiocarbonyl (C=S) groups is 1. The van der Waals surface area contributed by atoms with Crippen LogP contribution in [0.15, 0.2) is 52.3 Å². The summed E-state index contributed by atoms with van der Waals surface area (Å²) in [5, 5.41) is 2.57. The zero-order valence-corrected chi connectivity index (χ0v) is 18.2. The van der Waals surface area contributed by atoms with Gasteiger partial charge >= 0.3 is 0 Å². The molecule has 0 spiro atoms. The van der Waals surface area contributed by atoms with Crippen molar-refractivity contribution in [2.75, 3.05) is 17.8 Å². The van der Waals surface area contributed by atoms with Crippen LogP contribution in [0.3, 0.4) is 0 Å². The maximum atomic E-state index is 12.5. The van der Waals surface area contributed by atoms with Gasteiger partial charge in [0.05, 0.1) is 22.0 Å². The molecule has 30 heavy (non-hydrogen) atoms. The van der Waals surface area contributed by atoms with Gasteiger partial charge in [0.2, 0.25) is 0 Å². The second kappa shape index (κ2) is 7.86. The molecular formula is C20H16N2O5S3. The summed E-state index contributed by atoms with van der Waals surface area (Å²) < 4.78 is 29.2. The number of sulfone groups is 1. The van der Waals surface area contributed by atoms with Crippen LogP contribution in [-0.4, -0.2) is 37.4 Å². The van der Waals surface area contributed by atoms with Gasteiger partial charge in [-0.3, -0.25) is 9.59 Å². The van der Waals surface area contributed by atoms with Crippen LogP contribution in [0.4, 0.5) is 5.69 Å². The minimum atomic E-state index is -3.29. The number of thioether (sulfide) groups is 1. The number of amides is 2. The highest BCUT2D eigenvalue weighted by molar-refractivity contribution is 8.26. The molecule has 0 radical (unpaired) electrons. The monoisotopic (exact) mass is 460 g/mol. The predicted octanol–water partition coefficient (Wildman–Crippen LogP) is 2.50. The lowest BCUT2D eigenvalue weighted by atomic mass is 10.1. The Morgan fingerprint density at radius 3 is 2.57 bits per heavy atom. The minimum Gasteiger partial charge on any atom is -0.482 e. The van der Waals surface area contributed by atoms with E-state index >= 15 is 0 Å². The van der Waals surface area contributed by atoms with Crippen molar-refractivity contribution in [2.45, 2.75) is 11.4 Å². The van der Waals surface area contributed by atoms with E-state index in [1.165, 1.54) is 23.9 Å². The molecule has 1 fully saturated rings. The van der Waals surface area contributed by atoms with Gasteiger partial charge in [-0.2, -0.15) is 0 Å². The van der Waals surface area contributed by atoms with Crippen molar-refractivity contribution in [3.05, 3.63) is 58.5 Å². The number of carbonyl (C=O) groups is 2. The first-order chi connectivity index (χ1) is 14.2. The number of nitrogens with zero attached hydrogens (tertiary/aromatic N) is 1. The van der Waals surface area contributed by atoms with Gasteiger partial charge in [0.1, 0.15) is 10.1 Å². The van der Waals surface area contributed by atoms with Gasteiger partial charge in [-0.25, -0.2) is 8.42 Å². The first-order valence-corrected chi connectivity index (χ1v) is 11.9. The number of ether oxygens (including phenoxy) is 1. The summed E-state index contributed by atoms with van der Waals surface area (Å²) in [4.78, 5) is 26.7. The van der Waals surface area contributed by atoms with Crippen LogP contribution in [-0.2, 0) is 26.0 Å². The summed E-state index contributed by atoms with van der Waals surface area (Å²) in [6, 6.07) is 11.8. The van der Waals surface area contributed by atoms with Gasteiger partial charge in [-0.1, -0.05) is 42.2 Å². The normalized spacial score (nSPS) is 17.7. The number of nitrogens with one attached hydrogen (secondary N) is 1. The Morgan fingerprint density at radius 1 is 1.20 bits per heavy atom. The van der Waals surface area contributed by atoms with E-state index in [0.717, 1.165) is 17.4 Å². The molecule has 0 unspecified atom stereocenters. The molecule has 0 aromatic heterocycles. The summed E-state index contributed by atoms with van der Waals surface area (Å²) in [6.45, 7) is 0.181. The first kappa shape index (κ1) is 20.6. The van der Waals surface area contributed by atoms with Crippen LogP contribution in [0.5, 0.6) is 5.75 Å². The molecule has 2 aliphatic rings. The zero-order chi connectivity index (χ0) is 21.5. The average Bonchev–Trinajstić information content (AvgIpc) is 3.00. The standard InChI is InChI=1S/C20H16N2O5S3/c1-30(25,26)14-5-2-12(3-6-14)10-22-15-8-13(4-7-16(15)27-11-18(22)23)9-17-19(24)21-20(28)29-17/h2-9H,10-11H2,1H3,(H,21,24,28). The number of rotatable bonds is 4. The molecule has 2 amide bonds. The van der Waals surface area contributed by atoms with E-state index in [9.17, 15) is 18.0 Å². The smallest absolute Gasteiger partial charge is 0.265 e. The fourth-order valence-corrected chi connectivity index (χ4v) is 4.75.